The number of benzene rings is 3. The highest BCUT2D eigenvalue weighted by Gasteiger charge is 2.16. The van der Waals surface area contributed by atoms with E-state index in [1.54, 1.807) is 6.07 Å². The van der Waals surface area contributed by atoms with Crippen molar-refractivity contribution in [1.82, 2.24) is 4.57 Å². The molecule has 0 atom stereocenters. The Morgan fingerprint density at radius 3 is 2.36 bits per heavy atom. The van der Waals surface area contributed by atoms with Crippen LogP contribution in [0.15, 0.2) is 65.1 Å². The Morgan fingerprint density at radius 1 is 0.818 bits per heavy atom. The van der Waals surface area contributed by atoms with Crippen molar-refractivity contribution in [3.8, 4) is 5.69 Å². The second-order valence-corrected chi connectivity index (χ2v) is 6.78. The summed E-state index contributed by atoms with van der Waals surface area (Å²) in [5, 5.41) is 3.45. The van der Waals surface area contributed by atoms with Crippen molar-refractivity contribution < 1.29 is 0 Å². The second kappa shape index (κ2) is 5.31. The topological polar surface area (TPSA) is 4.93 Å². The quantitative estimate of drug-likeness (QED) is 0.334. The molecule has 1 aromatic heterocycles. The van der Waals surface area contributed by atoms with Gasteiger partial charge in [-0.2, -0.15) is 0 Å². The van der Waals surface area contributed by atoms with Crippen LogP contribution in [-0.4, -0.2) is 4.57 Å². The van der Waals surface area contributed by atoms with Crippen LogP contribution in [0.1, 0.15) is 0 Å². The van der Waals surface area contributed by atoms with Gasteiger partial charge < -0.3 is 4.57 Å². The number of para-hydroxylation sites is 2. The van der Waals surface area contributed by atoms with E-state index in [0.717, 1.165) is 32.0 Å². The summed E-state index contributed by atoms with van der Waals surface area (Å²) in [5.41, 5.74) is 3.17. The lowest BCUT2D eigenvalue weighted by molar-refractivity contribution is 1.17. The van der Waals surface area contributed by atoms with E-state index < -0.39 is 0 Å². The second-order valence-electron chi connectivity index (χ2n) is 5.09. The average Bonchev–Trinajstić information content (AvgIpc) is 2.82. The van der Waals surface area contributed by atoms with E-state index in [0.29, 0.717) is 10.0 Å². The first kappa shape index (κ1) is 14.1. The van der Waals surface area contributed by atoms with Crippen LogP contribution in [0.25, 0.3) is 27.5 Å². The first-order valence-corrected chi connectivity index (χ1v) is 8.35. The number of aromatic nitrogens is 1. The van der Waals surface area contributed by atoms with Gasteiger partial charge in [0.15, 0.2) is 0 Å². The van der Waals surface area contributed by atoms with E-state index in [1.165, 1.54) is 0 Å². The van der Waals surface area contributed by atoms with Gasteiger partial charge in [-0.15, -0.1) is 0 Å². The number of halogens is 3. The predicted molar refractivity (Wildman–Crippen MR) is 98.5 cm³/mol. The number of fused-ring (bicyclic) bond motifs is 3. The summed E-state index contributed by atoms with van der Waals surface area (Å²) in [7, 11) is 0. The van der Waals surface area contributed by atoms with Crippen molar-refractivity contribution in [3.05, 3.63) is 75.2 Å². The van der Waals surface area contributed by atoms with E-state index in [1.807, 2.05) is 36.4 Å². The highest BCUT2D eigenvalue weighted by molar-refractivity contribution is 9.10. The summed E-state index contributed by atoms with van der Waals surface area (Å²) in [4.78, 5) is 0. The number of hydrogen-bond acceptors (Lipinski definition) is 0. The molecule has 0 aliphatic heterocycles. The van der Waals surface area contributed by atoms with Gasteiger partial charge in [-0.3, -0.25) is 0 Å². The molecule has 22 heavy (non-hydrogen) atoms. The molecule has 0 fully saturated rings. The van der Waals surface area contributed by atoms with Gasteiger partial charge in [-0.25, -0.2) is 0 Å². The lowest BCUT2D eigenvalue weighted by Crippen LogP contribution is -1.94. The zero-order chi connectivity index (χ0) is 15.3. The minimum atomic E-state index is 0.633. The Kier molecular flexibility index (Phi) is 3.41. The maximum absolute atomic E-state index is 6.47. The Morgan fingerprint density at radius 2 is 1.55 bits per heavy atom. The minimum Gasteiger partial charge on any atom is -0.308 e. The molecule has 3 aromatic carbocycles. The maximum atomic E-state index is 6.47. The standard InChI is InChI=1S/C18H10BrCl2N/c19-13-6-2-4-8-16(13)22-15-7-3-1-5-12(15)18-14(21)9-11(20)10-17(18)22/h1-10H. The normalized spacial score (nSPS) is 11.4. The third-order valence-corrected chi connectivity index (χ3v) is 4.97. The molecular formula is C18H10BrCl2N. The zero-order valence-electron chi connectivity index (χ0n) is 11.4. The van der Waals surface area contributed by atoms with E-state index in [-0.39, 0.29) is 0 Å². The smallest absolute Gasteiger partial charge is 0.0604 e. The van der Waals surface area contributed by atoms with Gasteiger partial charge in [0.05, 0.1) is 21.7 Å². The maximum Gasteiger partial charge on any atom is 0.0604 e. The first-order valence-electron chi connectivity index (χ1n) is 6.80. The number of hydrogen-bond donors (Lipinski definition) is 0. The highest BCUT2D eigenvalue weighted by atomic mass is 79.9. The molecule has 4 aromatic rings. The van der Waals surface area contributed by atoms with Crippen LogP contribution >= 0.6 is 39.1 Å². The fraction of sp³-hybridized carbons (Fsp3) is 0. The molecule has 4 rings (SSSR count). The molecular weight excluding hydrogens is 381 g/mol. The molecule has 0 bridgehead atoms. The molecule has 0 aliphatic carbocycles. The van der Waals surface area contributed by atoms with Gasteiger partial charge in [-0.1, -0.05) is 53.5 Å². The first-order chi connectivity index (χ1) is 10.7. The molecule has 0 spiro atoms. The summed E-state index contributed by atoms with van der Waals surface area (Å²) in [5.74, 6) is 0. The van der Waals surface area contributed by atoms with Gasteiger partial charge in [0.2, 0.25) is 0 Å². The molecule has 1 heterocycles. The van der Waals surface area contributed by atoms with Crippen molar-refractivity contribution in [2.45, 2.75) is 0 Å². The van der Waals surface area contributed by atoms with Crippen LogP contribution in [0.2, 0.25) is 10.0 Å². The number of rotatable bonds is 1. The minimum absolute atomic E-state index is 0.633. The van der Waals surface area contributed by atoms with Crippen LogP contribution in [0, 0.1) is 0 Å². The summed E-state index contributed by atoms with van der Waals surface area (Å²) < 4.78 is 3.21. The van der Waals surface area contributed by atoms with Crippen LogP contribution in [-0.2, 0) is 0 Å². The fourth-order valence-corrected chi connectivity index (χ4v) is 3.95. The van der Waals surface area contributed by atoms with Crippen LogP contribution in [0.5, 0.6) is 0 Å². The van der Waals surface area contributed by atoms with Crippen LogP contribution in [0.4, 0.5) is 0 Å². The third kappa shape index (κ3) is 2.06. The number of nitrogens with zero attached hydrogens (tertiary/aromatic N) is 1. The summed E-state index contributed by atoms with van der Waals surface area (Å²) in [6.45, 7) is 0. The van der Waals surface area contributed by atoms with E-state index >= 15 is 0 Å². The molecule has 0 radical (unpaired) electrons. The van der Waals surface area contributed by atoms with Crippen LogP contribution < -0.4 is 0 Å². The highest BCUT2D eigenvalue weighted by Crippen LogP contribution is 2.39. The third-order valence-electron chi connectivity index (χ3n) is 3.78. The molecule has 108 valence electrons. The van der Waals surface area contributed by atoms with Crippen molar-refractivity contribution in [1.29, 1.82) is 0 Å². The molecule has 0 unspecified atom stereocenters. The monoisotopic (exact) mass is 389 g/mol. The van der Waals surface area contributed by atoms with E-state index in [2.05, 4.69) is 38.7 Å². The van der Waals surface area contributed by atoms with Crippen molar-refractivity contribution in [2.24, 2.45) is 0 Å². The van der Waals surface area contributed by atoms with Crippen LogP contribution in [0.3, 0.4) is 0 Å². The Hall–Kier alpha value is -1.48. The lowest BCUT2D eigenvalue weighted by atomic mass is 10.1. The van der Waals surface area contributed by atoms with Crippen molar-refractivity contribution >= 4 is 60.9 Å². The Labute approximate surface area is 146 Å². The van der Waals surface area contributed by atoms with Gasteiger partial charge >= 0.3 is 0 Å². The molecule has 1 nitrogen and oxygen atoms in total. The zero-order valence-corrected chi connectivity index (χ0v) is 14.5. The summed E-state index contributed by atoms with van der Waals surface area (Å²) in [6, 6.07) is 20.1. The van der Waals surface area contributed by atoms with Gasteiger partial charge in [-0.05, 0) is 46.3 Å². The lowest BCUT2D eigenvalue weighted by Gasteiger charge is -2.10. The summed E-state index contributed by atoms with van der Waals surface area (Å²) in [6.07, 6.45) is 0. The van der Waals surface area contributed by atoms with Crippen molar-refractivity contribution in [2.75, 3.05) is 0 Å². The fourth-order valence-electron chi connectivity index (χ4n) is 2.91. The van der Waals surface area contributed by atoms with E-state index in [4.69, 9.17) is 23.2 Å². The molecule has 0 aliphatic rings. The molecule has 0 saturated heterocycles. The Bertz CT molecular complexity index is 1020. The molecule has 4 heteroatoms. The molecule has 0 N–H and O–H groups in total. The predicted octanol–water partition coefficient (Wildman–Crippen LogP) is 6.85. The molecule has 0 saturated carbocycles. The average molecular weight is 391 g/mol. The van der Waals surface area contributed by atoms with E-state index in [9.17, 15) is 0 Å². The summed E-state index contributed by atoms with van der Waals surface area (Å²) >= 11 is 16.4. The Balaban J connectivity index is 2.28. The largest absolute Gasteiger partial charge is 0.308 e. The van der Waals surface area contributed by atoms with Gasteiger partial charge in [0.25, 0.3) is 0 Å². The SMILES string of the molecule is Clc1cc(Cl)c2c3ccccc3n(-c3ccccc3Br)c2c1. The van der Waals surface area contributed by atoms with Crippen molar-refractivity contribution in [3.63, 3.8) is 0 Å². The molecule has 0 amide bonds. The van der Waals surface area contributed by atoms with Gasteiger partial charge in [0, 0.05) is 20.3 Å². The van der Waals surface area contributed by atoms with Gasteiger partial charge in [0.1, 0.15) is 0 Å².